The van der Waals surface area contributed by atoms with Crippen LogP contribution in [0, 0.1) is 5.82 Å². The third-order valence-corrected chi connectivity index (χ3v) is 3.16. The van der Waals surface area contributed by atoms with E-state index in [2.05, 4.69) is 15.3 Å². The number of benzene rings is 1. The predicted octanol–water partition coefficient (Wildman–Crippen LogP) is 2.40. The molecule has 0 aliphatic rings. The molecule has 2 rings (SSSR count). The molecule has 1 heterocycles. The van der Waals surface area contributed by atoms with Crippen molar-refractivity contribution in [1.29, 1.82) is 0 Å². The number of hydrogen-bond donors (Lipinski definition) is 1. The van der Waals surface area contributed by atoms with Gasteiger partial charge in [0, 0.05) is 39.8 Å². The molecule has 0 aliphatic heterocycles. The van der Waals surface area contributed by atoms with Crippen molar-refractivity contribution in [2.24, 2.45) is 0 Å². The van der Waals surface area contributed by atoms with Gasteiger partial charge < -0.3 is 15.1 Å². The molecule has 1 N–H and O–H groups in total. The van der Waals surface area contributed by atoms with Crippen LogP contribution in [-0.2, 0) is 4.79 Å². The summed E-state index contributed by atoms with van der Waals surface area (Å²) in [6.45, 7) is 0. The third-order valence-electron chi connectivity index (χ3n) is 3.16. The molecule has 6 nitrogen and oxygen atoms in total. The number of nitrogens with zero attached hydrogens (tertiary/aromatic N) is 4. The van der Waals surface area contributed by atoms with E-state index in [9.17, 15) is 9.18 Å². The van der Waals surface area contributed by atoms with Crippen molar-refractivity contribution in [3.8, 4) is 0 Å². The minimum Gasteiger partial charge on any atom is -0.361 e. The second-order valence-corrected chi connectivity index (χ2v) is 5.54. The summed E-state index contributed by atoms with van der Waals surface area (Å²) in [5.41, 5.74) is 0.827. The highest BCUT2D eigenvalue weighted by molar-refractivity contribution is 6.03. The molecule has 0 bridgehead atoms. The maximum atomic E-state index is 13.5. The zero-order chi connectivity index (χ0) is 17.7. The van der Waals surface area contributed by atoms with Gasteiger partial charge in [0.1, 0.15) is 11.5 Å². The number of amides is 1. The van der Waals surface area contributed by atoms with Gasteiger partial charge in [0.15, 0.2) is 5.82 Å². The van der Waals surface area contributed by atoms with Gasteiger partial charge in [-0.3, -0.25) is 4.79 Å². The molecule has 1 amide bonds. The second-order valence-electron chi connectivity index (χ2n) is 5.54. The summed E-state index contributed by atoms with van der Waals surface area (Å²) < 4.78 is 13.5. The molecule has 1 aromatic heterocycles. The van der Waals surface area contributed by atoms with Gasteiger partial charge in [-0.05, 0) is 12.1 Å². The van der Waals surface area contributed by atoms with E-state index in [0.29, 0.717) is 23.0 Å². The van der Waals surface area contributed by atoms with Gasteiger partial charge in [0.2, 0.25) is 11.9 Å². The molecule has 0 unspecified atom stereocenters. The maximum absolute atomic E-state index is 13.5. The minimum absolute atomic E-state index is 0.347. The molecule has 0 saturated heterocycles. The number of nitrogens with one attached hydrogen (secondary N) is 1. The smallest absolute Gasteiger partial charge is 0.248 e. The van der Waals surface area contributed by atoms with Crippen molar-refractivity contribution in [3.05, 3.63) is 47.9 Å². The number of aromatic nitrogens is 2. The molecule has 0 saturated carbocycles. The van der Waals surface area contributed by atoms with Crippen LogP contribution in [0.4, 0.5) is 21.8 Å². The average molecular weight is 329 g/mol. The Morgan fingerprint density at radius 3 is 2.50 bits per heavy atom. The van der Waals surface area contributed by atoms with E-state index in [4.69, 9.17) is 0 Å². The van der Waals surface area contributed by atoms with Gasteiger partial charge in [0.05, 0.1) is 6.20 Å². The Bertz CT molecular complexity index is 758. The Hall–Kier alpha value is -2.96. The SMILES string of the molecule is CN(C)c1ncc(NC(=O)/C=C/c2ccccc2F)c(N(C)C)n1. The van der Waals surface area contributed by atoms with Crippen LogP contribution >= 0.6 is 0 Å². The number of carbonyl (C=O) groups is 1. The zero-order valence-corrected chi connectivity index (χ0v) is 14.1. The van der Waals surface area contributed by atoms with Gasteiger partial charge in [-0.2, -0.15) is 4.98 Å². The molecule has 24 heavy (non-hydrogen) atoms. The molecule has 2 aromatic rings. The fourth-order valence-corrected chi connectivity index (χ4v) is 1.96. The first-order valence-corrected chi connectivity index (χ1v) is 7.33. The van der Waals surface area contributed by atoms with E-state index in [1.807, 2.05) is 28.2 Å². The molecule has 0 fully saturated rings. The standard InChI is InChI=1S/C17H20FN5O/c1-22(2)16-14(11-19-17(21-16)23(3)4)20-15(24)10-9-12-7-5-6-8-13(12)18/h5-11H,1-4H3,(H,20,24)/b10-9+. The first-order chi connectivity index (χ1) is 11.4. The lowest BCUT2D eigenvalue weighted by Crippen LogP contribution is -2.20. The van der Waals surface area contributed by atoms with Crippen LogP contribution in [0.2, 0.25) is 0 Å². The highest BCUT2D eigenvalue weighted by atomic mass is 19.1. The van der Waals surface area contributed by atoms with Crippen molar-refractivity contribution in [3.63, 3.8) is 0 Å². The highest BCUT2D eigenvalue weighted by Crippen LogP contribution is 2.23. The lowest BCUT2D eigenvalue weighted by molar-refractivity contribution is -0.111. The molecule has 1 aromatic carbocycles. The van der Waals surface area contributed by atoms with Crippen LogP contribution in [-0.4, -0.2) is 44.1 Å². The Balaban J connectivity index is 2.18. The summed E-state index contributed by atoms with van der Waals surface area (Å²) in [5, 5.41) is 2.71. The van der Waals surface area contributed by atoms with Gasteiger partial charge in [-0.1, -0.05) is 18.2 Å². The monoisotopic (exact) mass is 329 g/mol. The van der Waals surface area contributed by atoms with Crippen molar-refractivity contribution < 1.29 is 9.18 Å². The molecule has 0 radical (unpaired) electrons. The lowest BCUT2D eigenvalue weighted by atomic mass is 10.2. The van der Waals surface area contributed by atoms with Gasteiger partial charge >= 0.3 is 0 Å². The Morgan fingerprint density at radius 1 is 1.17 bits per heavy atom. The van der Waals surface area contributed by atoms with E-state index in [1.54, 1.807) is 34.2 Å². The minimum atomic E-state index is -0.387. The normalized spacial score (nSPS) is 10.7. The Labute approximate surface area is 140 Å². The summed E-state index contributed by atoms with van der Waals surface area (Å²) in [7, 11) is 7.33. The third kappa shape index (κ3) is 4.28. The molecular weight excluding hydrogens is 309 g/mol. The fourth-order valence-electron chi connectivity index (χ4n) is 1.96. The van der Waals surface area contributed by atoms with Crippen LogP contribution in [0.15, 0.2) is 36.5 Å². The molecule has 7 heteroatoms. The van der Waals surface area contributed by atoms with Gasteiger partial charge in [-0.15, -0.1) is 0 Å². The first kappa shape index (κ1) is 17.4. The van der Waals surface area contributed by atoms with Crippen molar-refractivity contribution in [2.45, 2.75) is 0 Å². The van der Waals surface area contributed by atoms with Crippen LogP contribution in [0.25, 0.3) is 6.08 Å². The number of carbonyl (C=O) groups excluding carboxylic acids is 1. The molecule has 0 aliphatic carbocycles. The zero-order valence-electron chi connectivity index (χ0n) is 14.1. The topological polar surface area (TPSA) is 61.4 Å². The summed E-state index contributed by atoms with van der Waals surface area (Å²) in [6, 6.07) is 6.24. The molecule has 0 atom stereocenters. The Morgan fingerprint density at radius 2 is 1.88 bits per heavy atom. The highest BCUT2D eigenvalue weighted by Gasteiger charge is 2.12. The summed E-state index contributed by atoms with van der Waals surface area (Å²) >= 11 is 0. The van der Waals surface area contributed by atoms with Crippen molar-refractivity contribution in [2.75, 3.05) is 43.3 Å². The summed E-state index contributed by atoms with van der Waals surface area (Å²) in [5.74, 6) is 0.358. The van der Waals surface area contributed by atoms with Crippen LogP contribution in [0.3, 0.4) is 0 Å². The fraction of sp³-hybridized carbons (Fsp3) is 0.235. The largest absolute Gasteiger partial charge is 0.361 e. The van der Waals surface area contributed by atoms with E-state index < -0.39 is 0 Å². The Kier molecular flexibility index (Phi) is 5.47. The summed E-state index contributed by atoms with van der Waals surface area (Å²) in [4.78, 5) is 24.2. The first-order valence-electron chi connectivity index (χ1n) is 7.33. The maximum Gasteiger partial charge on any atom is 0.248 e. The summed E-state index contributed by atoms with van der Waals surface area (Å²) in [6.07, 6.45) is 4.25. The van der Waals surface area contributed by atoms with Crippen LogP contribution in [0.1, 0.15) is 5.56 Å². The number of hydrogen-bond acceptors (Lipinski definition) is 5. The lowest BCUT2D eigenvalue weighted by Gasteiger charge is -2.18. The molecule has 0 spiro atoms. The number of halogens is 1. The molecule has 126 valence electrons. The van der Waals surface area contributed by atoms with Gasteiger partial charge in [-0.25, -0.2) is 9.37 Å². The quantitative estimate of drug-likeness (QED) is 0.854. The second kappa shape index (κ2) is 7.54. The number of rotatable bonds is 5. The average Bonchev–Trinajstić information content (AvgIpc) is 2.54. The van der Waals surface area contributed by atoms with Crippen LogP contribution in [0.5, 0.6) is 0 Å². The van der Waals surface area contributed by atoms with E-state index in [-0.39, 0.29) is 11.7 Å². The number of anilines is 3. The van der Waals surface area contributed by atoms with Crippen molar-refractivity contribution in [1.82, 2.24) is 9.97 Å². The van der Waals surface area contributed by atoms with Crippen molar-refractivity contribution >= 4 is 29.4 Å². The molecular formula is C17H20FN5O. The van der Waals surface area contributed by atoms with E-state index in [1.165, 1.54) is 18.2 Å². The van der Waals surface area contributed by atoms with Crippen LogP contribution < -0.4 is 15.1 Å². The van der Waals surface area contributed by atoms with E-state index in [0.717, 1.165) is 0 Å². The van der Waals surface area contributed by atoms with Gasteiger partial charge in [0.25, 0.3) is 0 Å². The van der Waals surface area contributed by atoms with E-state index >= 15 is 0 Å². The predicted molar refractivity (Wildman–Crippen MR) is 94.7 cm³/mol.